The van der Waals surface area contributed by atoms with Crippen molar-refractivity contribution in [1.82, 2.24) is 9.97 Å². The summed E-state index contributed by atoms with van der Waals surface area (Å²) < 4.78 is 34.6. The zero-order chi connectivity index (χ0) is 20.4. The third kappa shape index (κ3) is 4.14. The highest BCUT2D eigenvalue weighted by Gasteiger charge is 2.17. The first-order valence-corrected chi connectivity index (χ1v) is 11.5. The summed E-state index contributed by atoms with van der Waals surface area (Å²) in [7, 11) is -1.69. The number of nitrogens with zero attached hydrogens (tertiary/aromatic N) is 2. The van der Waals surface area contributed by atoms with E-state index in [0.717, 1.165) is 21.3 Å². The second-order valence-corrected chi connectivity index (χ2v) is 9.29. The zero-order valence-corrected chi connectivity index (χ0v) is 17.5. The van der Waals surface area contributed by atoms with E-state index in [9.17, 15) is 8.42 Å². The molecule has 4 rings (SSSR count). The maximum Gasteiger partial charge on any atom is 0.232 e. The van der Waals surface area contributed by atoms with Crippen LogP contribution in [0.1, 0.15) is 5.82 Å². The molecule has 0 aliphatic heterocycles. The van der Waals surface area contributed by atoms with E-state index in [-0.39, 0.29) is 11.5 Å². The van der Waals surface area contributed by atoms with E-state index in [1.54, 1.807) is 19.2 Å². The van der Waals surface area contributed by atoms with Crippen LogP contribution in [-0.2, 0) is 21.2 Å². The number of fused-ring (bicyclic) bond motifs is 1. The van der Waals surface area contributed by atoms with Crippen molar-refractivity contribution in [3.8, 4) is 22.8 Å². The number of methoxy groups -OCH3 is 1. The van der Waals surface area contributed by atoms with Crippen LogP contribution in [-0.4, -0.2) is 31.8 Å². The number of hydrogen-bond donors (Lipinski definition) is 0. The van der Waals surface area contributed by atoms with Gasteiger partial charge in [-0.25, -0.2) is 13.4 Å². The molecule has 0 radical (unpaired) electrons. The van der Waals surface area contributed by atoms with Gasteiger partial charge in [0.05, 0.1) is 10.3 Å². The Bertz CT molecular complexity index is 1250. The fourth-order valence-electron chi connectivity index (χ4n) is 2.92. The number of hydrogen-bond acceptors (Lipinski definition) is 7. The third-order valence-electron chi connectivity index (χ3n) is 4.27. The van der Waals surface area contributed by atoms with Crippen molar-refractivity contribution in [3.05, 3.63) is 65.8 Å². The molecule has 29 heavy (non-hydrogen) atoms. The number of benzene rings is 2. The van der Waals surface area contributed by atoms with E-state index in [0.29, 0.717) is 17.5 Å². The van der Waals surface area contributed by atoms with Crippen LogP contribution < -0.4 is 4.74 Å². The Morgan fingerprint density at radius 2 is 1.72 bits per heavy atom. The molecule has 0 N–H and O–H groups in total. The Morgan fingerprint density at radius 3 is 2.38 bits per heavy atom. The lowest BCUT2D eigenvalue weighted by atomic mass is 10.1. The highest BCUT2D eigenvalue weighted by atomic mass is 32.2. The molecule has 0 atom stereocenters. The molecule has 0 amide bonds. The molecule has 2 heterocycles. The molecule has 148 valence electrons. The third-order valence-corrected chi connectivity index (χ3v) is 6.27. The van der Waals surface area contributed by atoms with Crippen molar-refractivity contribution < 1.29 is 17.9 Å². The number of thiophene rings is 1. The fourth-order valence-corrected chi connectivity index (χ4v) is 4.50. The van der Waals surface area contributed by atoms with Gasteiger partial charge in [0.1, 0.15) is 17.2 Å². The SMILES string of the molecule is COCc1nc(Oc2ccc(S(C)(=O)=O)cc2)c2c(-c3ccccc3)csc2n1. The van der Waals surface area contributed by atoms with Crippen LogP contribution in [0.4, 0.5) is 0 Å². The number of ether oxygens (including phenoxy) is 2. The average molecular weight is 427 g/mol. The lowest BCUT2D eigenvalue weighted by Gasteiger charge is -2.10. The molecule has 0 spiro atoms. The highest BCUT2D eigenvalue weighted by molar-refractivity contribution is 7.90. The maximum absolute atomic E-state index is 11.7. The van der Waals surface area contributed by atoms with Gasteiger partial charge in [0, 0.05) is 24.3 Å². The van der Waals surface area contributed by atoms with Gasteiger partial charge in [0.25, 0.3) is 0 Å². The van der Waals surface area contributed by atoms with Crippen LogP contribution in [0.25, 0.3) is 21.3 Å². The summed E-state index contributed by atoms with van der Waals surface area (Å²) in [5.74, 6) is 1.42. The van der Waals surface area contributed by atoms with Gasteiger partial charge in [-0.3, -0.25) is 0 Å². The predicted molar refractivity (Wildman–Crippen MR) is 113 cm³/mol. The van der Waals surface area contributed by atoms with Gasteiger partial charge < -0.3 is 9.47 Å². The van der Waals surface area contributed by atoms with Gasteiger partial charge in [-0.15, -0.1) is 11.3 Å². The standard InChI is InChI=1S/C21H18N2O4S2/c1-26-12-18-22-20(27-15-8-10-16(11-9-15)29(2,24)25)19-17(13-28-21(19)23-18)14-6-4-3-5-7-14/h3-11,13H,12H2,1-2H3. The summed E-state index contributed by atoms with van der Waals surface area (Å²) in [6, 6.07) is 16.2. The number of aromatic nitrogens is 2. The van der Waals surface area contributed by atoms with Gasteiger partial charge in [-0.05, 0) is 29.8 Å². The van der Waals surface area contributed by atoms with Gasteiger partial charge in [-0.1, -0.05) is 30.3 Å². The lowest BCUT2D eigenvalue weighted by Crippen LogP contribution is -2.00. The van der Waals surface area contributed by atoms with Crippen molar-refractivity contribution in [2.45, 2.75) is 11.5 Å². The van der Waals surface area contributed by atoms with Crippen LogP contribution in [0.2, 0.25) is 0 Å². The molecule has 2 aromatic carbocycles. The smallest absolute Gasteiger partial charge is 0.232 e. The van der Waals surface area contributed by atoms with Crippen molar-refractivity contribution >= 4 is 31.4 Å². The summed E-state index contributed by atoms with van der Waals surface area (Å²) in [4.78, 5) is 10.2. The first kappa shape index (κ1) is 19.5. The predicted octanol–water partition coefficient (Wildman–Crippen LogP) is 4.70. The van der Waals surface area contributed by atoms with Crippen LogP contribution in [0.15, 0.2) is 64.9 Å². The van der Waals surface area contributed by atoms with E-state index in [4.69, 9.17) is 9.47 Å². The van der Waals surface area contributed by atoms with E-state index >= 15 is 0 Å². The van der Waals surface area contributed by atoms with E-state index in [1.165, 1.54) is 29.7 Å². The summed E-state index contributed by atoms with van der Waals surface area (Å²) in [6.45, 7) is 0.262. The quantitative estimate of drug-likeness (QED) is 0.445. The molecular weight excluding hydrogens is 408 g/mol. The second-order valence-electron chi connectivity index (χ2n) is 6.42. The number of sulfone groups is 1. The van der Waals surface area contributed by atoms with Gasteiger partial charge in [-0.2, -0.15) is 4.98 Å². The molecule has 2 aromatic heterocycles. The minimum absolute atomic E-state index is 0.235. The molecule has 0 bridgehead atoms. The van der Waals surface area contributed by atoms with Gasteiger partial charge >= 0.3 is 0 Å². The molecule has 0 saturated heterocycles. The van der Waals surface area contributed by atoms with Crippen molar-refractivity contribution in [3.63, 3.8) is 0 Å². The molecular formula is C21H18N2O4S2. The molecule has 0 aliphatic rings. The topological polar surface area (TPSA) is 78.4 Å². The first-order valence-electron chi connectivity index (χ1n) is 8.76. The minimum atomic E-state index is -3.27. The van der Waals surface area contributed by atoms with Crippen molar-refractivity contribution in [1.29, 1.82) is 0 Å². The molecule has 0 fully saturated rings. The molecule has 0 unspecified atom stereocenters. The fraction of sp³-hybridized carbons (Fsp3) is 0.143. The van der Waals surface area contributed by atoms with E-state index in [1.807, 2.05) is 35.7 Å². The molecule has 0 aliphatic carbocycles. The first-order chi connectivity index (χ1) is 14.0. The molecule has 4 aromatic rings. The zero-order valence-electron chi connectivity index (χ0n) is 15.8. The average Bonchev–Trinajstić information content (AvgIpc) is 3.13. The second kappa shape index (κ2) is 7.90. The van der Waals surface area contributed by atoms with Crippen LogP contribution in [0.3, 0.4) is 0 Å². The molecule has 0 saturated carbocycles. The Hall–Kier alpha value is -2.81. The largest absolute Gasteiger partial charge is 0.438 e. The molecule has 6 nitrogen and oxygen atoms in total. The summed E-state index contributed by atoms with van der Waals surface area (Å²) in [6.07, 6.45) is 1.17. The van der Waals surface area contributed by atoms with Crippen LogP contribution >= 0.6 is 11.3 Å². The minimum Gasteiger partial charge on any atom is -0.438 e. The van der Waals surface area contributed by atoms with E-state index < -0.39 is 9.84 Å². The number of rotatable bonds is 6. The van der Waals surface area contributed by atoms with Crippen molar-refractivity contribution in [2.24, 2.45) is 0 Å². The van der Waals surface area contributed by atoms with Crippen LogP contribution in [0, 0.1) is 0 Å². The van der Waals surface area contributed by atoms with E-state index in [2.05, 4.69) is 9.97 Å². The Morgan fingerprint density at radius 1 is 1.00 bits per heavy atom. The summed E-state index contributed by atoms with van der Waals surface area (Å²) in [5, 5.41) is 2.85. The summed E-state index contributed by atoms with van der Waals surface area (Å²) >= 11 is 1.51. The van der Waals surface area contributed by atoms with Gasteiger partial charge in [0.15, 0.2) is 15.7 Å². The van der Waals surface area contributed by atoms with Crippen LogP contribution in [0.5, 0.6) is 11.6 Å². The highest BCUT2D eigenvalue weighted by Crippen LogP contribution is 2.39. The monoisotopic (exact) mass is 426 g/mol. The Kier molecular flexibility index (Phi) is 5.31. The normalized spacial score (nSPS) is 11.7. The van der Waals surface area contributed by atoms with Crippen molar-refractivity contribution in [2.75, 3.05) is 13.4 Å². The van der Waals surface area contributed by atoms with Gasteiger partial charge in [0.2, 0.25) is 5.88 Å². The lowest BCUT2D eigenvalue weighted by molar-refractivity contribution is 0.177. The maximum atomic E-state index is 11.7. The Balaban J connectivity index is 1.82. The Labute approximate surface area is 172 Å². The summed E-state index contributed by atoms with van der Waals surface area (Å²) in [5.41, 5.74) is 2.02. The molecule has 8 heteroatoms.